The number of hydrogen-bond acceptors (Lipinski definition) is 5. The van der Waals surface area contributed by atoms with E-state index in [2.05, 4.69) is 31.4 Å². The van der Waals surface area contributed by atoms with E-state index >= 15 is 0 Å². The van der Waals surface area contributed by atoms with Gasteiger partial charge in [-0.05, 0) is 39.7 Å². The Morgan fingerprint density at radius 3 is 2.76 bits per heavy atom. The number of halogens is 2. The van der Waals surface area contributed by atoms with E-state index in [0.717, 1.165) is 10.0 Å². The van der Waals surface area contributed by atoms with Crippen molar-refractivity contribution >= 4 is 50.9 Å². The van der Waals surface area contributed by atoms with Gasteiger partial charge >= 0.3 is 0 Å². The molecule has 1 N–H and O–H groups in total. The molecule has 25 heavy (non-hydrogen) atoms. The maximum Gasteiger partial charge on any atom is 0.277 e. The maximum absolute atomic E-state index is 12.0. The number of amides is 1. The van der Waals surface area contributed by atoms with Gasteiger partial charge in [0.05, 0.1) is 17.2 Å². The molecular weight excluding hydrogens is 426 g/mol. The molecule has 128 valence electrons. The lowest BCUT2D eigenvalue weighted by atomic mass is 10.2. The standard InChI is InChI=1S/C17H13BrClN3O2S/c18-13-9-12(6-7-14(13)19)20-15(23)10-25-17-22-21-16(24-17)8-11-4-2-1-3-5-11/h1-7,9H,8,10H2,(H,20,23). The van der Waals surface area contributed by atoms with E-state index in [4.69, 9.17) is 16.0 Å². The van der Waals surface area contributed by atoms with Crippen molar-refractivity contribution in [3.8, 4) is 0 Å². The number of hydrogen-bond donors (Lipinski definition) is 1. The third-order valence-corrected chi connectivity index (χ3v) is 5.21. The number of nitrogens with one attached hydrogen (secondary N) is 1. The zero-order chi connectivity index (χ0) is 17.6. The first-order valence-corrected chi connectivity index (χ1v) is 9.50. The van der Waals surface area contributed by atoms with Gasteiger partial charge in [0, 0.05) is 10.2 Å². The Hall–Kier alpha value is -1.83. The summed E-state index contributed by atoms with van der Waals surface area (Å²) in [7, 11) is 0. The average molecular weight is 439 g/mol. The van der Waals surface area contributed by atoms with E-state index < -0.39 is 0 Å². The molecule has 0 saturated carbocycles. The number of aromatic nitrogens is 2. The number of carbonyl (C=O) groups excluding carboxylic acids is 1. The molecule has 1 aromatic heterocycles. The highest BCUT2D eigenvalue weighted by molar-refractivity contribution is 9.10. The lowest BCUT2D eigenvalue weighted by molar-refractivity contribution is -0.113. The van der Waals surface area contributed by atoms with Gasteiger partial charge in [-0.15, -0.1) is 10.2 Å². The van der Waals surface area contributed by atoms with E-state index in [0.29, 0.717) is 28.2 Å². The summed E-state index contributed by atoms with van der Waals surface area (Å²) in [5.41, 5.74) is 1.76. The summed E-state index contributed by atoms with van der Waals surface area (Å²) in [6.07, 6.45) is 0.569. The van der Waals surface area contributed by atoms with Gasteiger partial charge in [0.15, 0.2) is 0 Å². The minimum absolute atomic E-state index is 0.165. The number of nitrogens with zero attached hydrogens (tertiary/aromatic N) is 2. The molecule has 5 nitrogen and oxygen atoms in total. The van der Waals surface area contributed by atoms with Gasteiger partial charge in [-0.3, -0.25) is 4.79 Å². The van der Waals surface area contributed by atoms with Crippen molar-refractivity contribution < 1.29 is 9.21 Å². The molecule has 0 aliphatic heterocycles. The minimum atomic E-state index is -0.165. The fourth-order valence-corrected chi connectivity index (χ4v) is 3.11. The first-order chi connectivity index (χ1) is 12.1. The second-order valence-corrected chi connectivity index (χ2v) is 7.28. The van der Waals surface area contributed by atoms with Crippen LogP contribution in [0.4, 0.5) is 5.69 Å². The Kier molecular flexibility index (Phi) is 6.12. The third kappa shape index (κ3) is 5.32. The number of rotatable bonds is 6. The summed E-state index contributed by atoms with van der Waals surface area (Å²) >= 11 is 10.4. The van der Waals surface area contributed by atoms with Crippen LogP contribution in [0.1, 0.15) is 11.5 Å². The second-order valence-electron chi connectivity index (χ2n) is 5.09. The van der Waals surface area contributed by atoms with Gasteiger partial charge in [0.25, 0.3) is 5.22 Å². The fourth-order valence-electron chi connectivity index (χ4n) is 2.04. The first kappa shape index (κ1) is 18.0. The Labute approximate surface area is 162 Å². The molecule has 0 unspecified atom stereocenters. The van der Waals surface area contributed by atoms with Gasteiger partial charge in [-0.25, -0.2) is 0 Å². The van der Waals surface area contributed by atoms with E-state index in [-0.39, 0.29) is 11.7 Å². The van der Waals surface area contributed by atoms with Crippen LogP contribution in [0.3, 0.4) is 0 Å². The Morgan fingerprint density at radius 1 is 1.20 bits per heavy atom. The summed E-state index contributed by atoms with van der Waals surface area (Å²) < 4.78 is 6.28. The highest BCUT2D eigenvalue weighted by atomic mass is 79.9. The average Bonchev–Trinajstić information content (AvgIpc) is 3.05. The highest BCUT2D eigenvalue weighted by Crippen LogP contribution is 2.26. The van der Waals surface area contributed by atoms with Crippen LogP contribution in [0.2, 0.25) is 5.02 Å². The smallest absolute Gasteiger partial charge is 0.277 e. The van der Waals surface area contributed by atoms with E-state index in [9.17, 15) is 4.79 Å². The van der Waals surface area contributed by atoms with Crippen LogP contribution in [-0.2, 0) is 11.2 Å². The van der Waals surface area contributed by atoms with Crippen LogP contribution in [0.25, 0.3) is 0 Å². The quantitative estimate of drug-likeness (QED) is 0.560. The maximum atomic E-state index is 12.0. The van der Waals surface area contributed by atoms with Gasteiger partial charge in [0.1, 0.15) is 0 Å². The van der Waals surface area contributed by atoms with Crippen molar-refractivity contribution in [3.63, 3.8) is 0 Å². The fraction of sp³-hybridized carbons (Fsp3) is 0.118. The molecule has 0 radical (unpaired) electrons. The molecule has 0 spiro atoms. The molecule has 0 aliphatic rings. The summed E-state index contributed by atoms with van der Waals surface area (Å²) in [6, 6.07) is 15.1. The Balaban J connectivity index is 1.51. The zero-order valence-electron chi connectivity index (χ0n) is 12.9. The summed E-state index contributed by atoms with van der Waals surface area (Å²) in [6.45, 7) is 0. The number of carbonyl (C=O) groups is 1. The predicted octanol–water partition coefficient (Wildman–Crippen LogP) is 4.81. The Morgan fingerprint density at radius 2 is 2.00 bits per heavy atom. The van der Waals surface area contributed by atoms with Crippen molar-refractivity contribution in [1.82, 2.24) is 10.2 Å². The summed E-state index contributed by atoms with van der Waals surface area (Å²) in [5, 5.41) is 11.7. The Bertz CT molecular complexity index is 873. The number of anilines is 1. The summed E-state index contributed by atoms with van der Waals surface area (Å²) in [4.78, 5) is 12.0. The van der Waals surface area contributed by atoms with Gasteiger partial charge in [0.2, 0.25) is 11.8 Å². The monoisotopic (exact) mass is 437 g/mol. The van der Waals surface area contributed by atoms with Crippen molar-refractivity contribution in [2.24, 2.45) is 0 Å². The molecule has 0 bridgehead atoms. The molecule has 8 heteroatoms. The largest absolute Gasteiger partial charge is 0.416 e. The van der Waals surface area contributed by atoms with E-state index in [1.54, 1.807) is 18.2 Å². The van der Waals surface area contributed by atoms with Crippen LogP contribution in [0, 0.1) is 0 Å². The van der Waals surface area contributed by atoms with Crippen LogP contribution >= 0.6 is 39.3 Å². The van der Waals surface area contributed by atoms with Crippen molar-refractivity contribution in [2.45, 2.75) is 11.6 Å². The van der Waals surface area contributed by atoms with E-state index in [1.807, 2.05) is 30.3 Å². The lowest BCUT2D eigenvalue weighted by Gasteiger charge is -2.05. The van der Waals surface area contributed by atoms with Crippen LogP contribution in [0.5, 0.6) is 0 Å². The molecule has 0 fully saturated rings. The molecule has 0 saturated heterocycles. The third-order valence-electron chi connectivity index (χ3n) is 3.18. The van der Waals surface area contributed by atoms with Gasteiger partial charge in [-0.2, -0.15) is 0 Å². The van der Waals surface area contributed by atoms with Crippen LogP contribution in [0.15, 0.2) is 62.6 Å². The number of benzene rings is 2. The molecule has 0 atom stereocenters. The van der Waals surface area contributed by atoms with Gasteiger partial charge in [-0.1, -0.05) is 53.7 Å². The van der Waals surface area contributed by atoms with Crippen molar-refractivity contribution in [3.05, 3.63) is 69.5 Å². The molecule has 3 aromatic rings. The second kappa shape index (κ2) is 8.51. The number of thioether (sulfide) groups is 1. The van der Waals surface area contributed by atoms with E-state index in [1.165, 1.54) is 11.8 Å². The van der Waals surface area contributed by atoms with Crippen molar-refractivity contribution in [1.29, 1.82) is 0 Å². The lowest BCUT2D eigenvalue weighted by Crippen LogP contribution is -2.13. The summed E-state index contributed by atoms with van der Waals surface area (Å²) in [5.74, 6) is 0.533. The van der Waals surface area contributed by atoms with Gasteiger partial charge < -0.3 is 9.73 Å². The molecule has 0 aliphatic carbocycles. The zero-order valence-corrected chi connectivity index (χ0v) is 16.1. The predicted molar refractivity (Wildman–Crippen MR) is 102 cm³/mol. The van der Waals surface area contributed by atoms with Crippen LogP contribution in [-0.4, -0.2) is 21.9 Å². The van der Waals surface area contributed by atoms with Crippen molar-refractivity contribution in [2.75, 3.05) is 11.1 Å². The minimum Gasteiger partial charge on any atom is -0.416 e. The topological polar surface area (TPSA) is 68.0 Å². The highest BCUT2D eigenvalue weighted by Gasteiger charge is 2.11. The normalized spacial score (nSPS) is 10.6. The molecule has 1 amide bonds. The molecular formula is C17H13BrClN3O2S. The molecule has 1 heterocycles. The molecule has 2 aromatic carbocycles. The SMILES string of the molecule is O=C(CSc1nnc(Cc2ccccc2)o1)Nc1ccc(Cl)c(Br)c1. The molecule has 3 rings (SSSR count). The van der Waals surface area contributed by atoms with Crippen LogP contribution < -0.4 is 5.32 Å². The first-order valence-electron chi connectivity index (χ1n) is 7.34.